The molecule has 1 aromatic heterocycles. The molecule has 1 saturated heterocycles. The van der Waals surface area contributed by atoms with Crippen molar-refractivity contribution in [3.05, 3.63) is 58.5 Å². The van der Waals surface area contributed by atoms with E-state index in [1.807, 2.05) is 18.2 Å². The van der Waals surface area contributed by atoms with Gasteiger partial charge in [-0.25, -0.2) is 23.9 Å². The van der Waals surface area contributed by atoms with E-state index in [-0.39, 0.29) is 35.8 Å². The molecule has 0 saturated carbocycles. The number of rotatable bonds is 3. The summed E-state index contributed by atoms with van der Waals surface area (Å²) in [6, 6.07) is 8.05. The molecule has 0 bridgehead atoms. The Balaban J connectivity index is 1.69. The highest BCUT2D eigenvalue weighted by Crippen LogP contribution is 2.32. The number of halogens is 1. The second kappa shape index (κ2) is 11.7. The Morgan fingerprint density at radius 2 is 1.73 bits per heavy atom. The van der Waals surface area contributed by atoms with Crippen LogP contribution in [-0.4, -0.2) is 64.5 Å². The van der Waals surface area contributed by atoms with E-state index < -0.39 is 47.2 Å². The highest BCUT2D eigenvalue weighted by molar-refractivity contribution is 6.08. The maximum atomic E-state index is 16.0. The van der Waals surface area contributed by atoms with Crippen LogP contribution in [0.25, 0.3) is 0 Å². The van der Waals surface area contributed by atoms with Gasteiger partial charge >= 0.3 is 12.2 Å². The number of ether oxygens (including phenoxy) is 3. The quantitative estimate of drug-likeness (QED) is 0.518. The number of hydrogen-bond donors (Lipinski definition) is 2. The molecule has 2 N–H and O–H groups in total. The minimum absolute atomic E-state index is 0.0144. The summed E-state index contributed by atoms with van der Waals surface area (Å²) in [5, 5.41) is 5.86. The van der Waals surface area contributed by atoms with E-state index in [2.05, 4.69) is 27.5 Å². The van der Waals surface area contributed by atoms with E-state index in [4.69, 9.17) is 14.2 Å². The molecule has 41 heavy (non-hydrogen) atoms. The maximum Gasteiger partial charge on any atom is 0.417 e. The maximum absolute atomic E-state index is 16.0. The fourth-order valence-electron chi connectivity index (χ4n) is 4.35. The lowest BCUT2D eigenvalue weighted by Crippen LogP contribution is -2.53. The number of alkyl carbamates (subject to hydrolysis) is 1. The third kappa shape index (κ3) is 7.52. The molecule has 0 radical (unpaired) electrons. The average Bonchev–Trinajstić information content (AvgIpc) is 3.22. The lowest BCUT2D eigenvalue weighted by atomic mass is 10.0. The Morgan fingerprint density at radius 1 is 1.05 bits per heavy atom. The summed E-state index contributed by atoms with van der Waals surface area (Å²) in [7, 11) is 0. The summed E-state index contributed by atoms with van der Waals surface area (Å²) < 4.78 is 32.3. The molecule has 3 amide bonds. The van der Waals surface area contributed by atoms with Crippen LogP contribution < -0.4 is 10.6 Å². The van der Waals surface area contributed by atoms with Gasteiger partial charge in [-0.2, -0.15) is 0 Å². The van der Waals surface area contributed by atoms with Crippen molar-refractivity contribution in [2.45, 2.75) is 77.8 Å². The second-order valence-electron chi connectivity index (χ2n) is 11.8. The fraction of sp³-hybridized carbons (Fsp3) is 0.467. The van der Waals surface area contributed by atoms with Crippen LogP contribution in [0.4, 0.5) is 19.8 Å². The Kier molecular flexibility index (Phi) is 8.54. The summed E-state index contributed by atoms with van der Waals surface area (Å²) in [5.74, 6) is 4.18. The standard InChI is InChI=1S/C30H35FN4O6/c1-29(2,3)40-27(37)34-22-17-39-15-14-20(22)32-25-24(31)19-16-35(28(38)41-30(4,5)6)26(36)23(19)21(33-25)13-12-18-10-8-7-9-11-18/h7-11,20,22H,14-17H2,1-6H3,(H,32,33)(H,34,37)/t20-,22+/m1/s1. The molecule has 3 heterocycles. The molecule has 4 rings (SSSR count). The number of benzene rings is 1. The SMILES string of the molecule is CC(C)(C)OC(=O)N[C@H]1COCC[C@H]1Nc1nc(C#Cc2ccccc2)c2c(c1F)CN(C(=O)OC(C)(C)C)C2=O. The number of amides is 3. The number of imide groups is 1. The smallest absolute Gasteiger partial charge is 0.417 e. The zero-order valence-electron chi connectivity index (χ0n) is 24.1. The predicted octanol–water partition coefficient (Wildman–Crippen LogP) is 4.61. The van der Waals surface area contributed by atoms with Crippen molar-refractivity contribution in [1.82, 2.24) is 15.2 Å². The van der Waals surface area contributed by atoms with Crippen LogP contribution >= 0.6 is 0 Å². The van der Waals surface area contributed by atoms with Gasteiger partial charge in [-0.1, -0.05) is 24.1 Å². The third-order valence-electron chi connectivity index (χ3n) is 6.10. The second-order valence-corrected chi connectivity index (χ2v) is 11.8. The van der Waals surface area contributed by atoms with Crippen molar-refractivity contribution >= 4 is 23.9 Å². The average molecular weight is 567 g/mol. The monoisotopic (exact) mass is 566 g/mol. The lowest BCUT2D eigenvalue weighted by Gasteiger charge is -2.33. The molecule has 218 valence electrons. The molecular formula is C30H35FN4O6. The van der Waals surface area contributed by atoms with Gasteiger partial charge in [0.25, 0.3) is 5.91 Å². The molecule has 1 fully saturated rings. The Labute approximate surface area is 238 Å². The van der Waals surface area contributed by atoms with Gasteiger partial charge in [-0.3, -0.25) is 4.79 Å². The van der Waals surface area contributed by atoms with Gasteiger partial charge in [-0.15, -0.1) is 0 Å². The van der Waals surface area contributed by atoms with Gasteiger partial charge in [-0.05, 0) is 66.0 Å². The first-order valence-corrected chi connectivity index (χ1v) is 13.4. The highest BCUT2D eigenvalue weighted by Gasteiger charge is 2.41. The molecular weight excluding hydrogens is 531 g/mol. The third-order valence-corrected chi connectivity index (χ3v) is 6.10. The number of pyridine rings is 1. The van der Waals surface area contributed by atoms with Crippen LogP contribution in [0.2, 0.25) is 0 Å². The van der Waals surface area contributed by atoms with E-state index in [1.165, 1.54) is 0 Å². The number of carbonyl (C=O) groups is 3. The molecule has 0 spiro atoms. The zero-order chi connectivity index (χ0) is 29.9. The summed E-state index contributed by atoms with van der Waals surface area (Å²) in [4.78, 5) is 43.9. The molecule has 11 heteroatoms. The van der Waals surface area contributed by atoms with Crippen LogP contribution in [0, 0.1) is 17.7 Å². The molecule has 2 aromatic rings. The number of hydrogen-bond acceptors (Lipinski definition) is 8. The van der Waals surface area contributed by atoms with Gasteiger partial charge in [0, 0.05) is 17.7 Å². The number of aromatic nitrogens is 1. The van der Waals surface area contributed by atoms with Crippen molar-refractivity contribution in [2.75, 3.05) is 18.5 Å². The Hall–Kier alpha value is -4.17. The molecule has 10 nitrogen and oxygen atoms in total. The minimum atomic E-state index is -0.888. The van der Waals surface area contributed by atoms with Gasteiger partial charge in [0.2, 0.25) is 0 Å². The number of nitrogens with one attached hydrogen (secondary N) is 2. The topological polar surface area (TPSA) is 119 Å². The Morgan fingerprint density at radius 3 is 2.39 bits per heavy atom. The summed E-state index contributed by atoms with van der Waals surface area (Å²) >= 11 is 0. The summed E-state index contributed by atoms with van der Waals surface area (Å²) in [6.45, 7) is 10.5. The predicted molar refractivity (Wildman–Crippen MR) is 149 cm³/mol. The van der Waals surface area contributed by atoms with Crippen molar-refractivity contribution in [2.24, 2.45) is 0 Å². The number of carbonyl (C=O) groups excluding carboxylic acids is 3. The first kappa shape index (κ1) is 29.8. The van der Waals surface area contributed by atoms with Crippen LogP contribution in [0.3, 0.4) is 0 Å². The van der Waals surface area contributed by atoms with E-state index in [1.54, 1.807) is 53.7 Å². The summed E-state index contributed by atoms with van der Waals surface area (Å²) in [5.41, 5.74) is -0.966. The fourth-order valence-corrected chi connectivity index (χ4v) is 4.35. The van der Waals surface area contributed by atoms with Crippen LogP contribution in [0.15, 0.2) is 30.3 Å². The van der Waals surface area contributed by atoms with Gasteiger partial charge in [0.15, 0.2) is 11.6 Å². The number of fused-ring (bicyclic) bond motifs is 1. The Bertz CT molecular complexity index is 1390. The molecule has 0 unspecified atom stereocenters. The highest BCUT2D eigenvalue weighted by atomic mass is 19.1. The lowest BCUT2D eigenvalue weighted by molar-refractivity contribution is 0.0246. The van der Waals surface area contributed by atoms with Crippen molar-refractivity contribution in [1.29, 1.82) is 0 Å². The number of anilines is 1. The molecule has 2 aliphatic heterocycles. The number of nitrogens with zero attached hydrogens (tertiary/aromatic N) is 2. The molecule has 2 atom stereocenters. The minimum Gasteiger partial charge on any atom is -0.444 e. The molecule has 2 aliphatic rings. The van der Waals surface area contributed by atoms with Crippen LogP contribution in [0.1, 0.15) is 75.1 Å². The van der Waals surface area contributed by atoms with Crippen molar-refractivity contribution < 1.29 is 33.0 Å². The van der Waals surface area contributed by atoms with Crippen LogP contribution in [-0.2, 0) is 20.8 Å². The first-order valence-electron chi connectivity index (χ1n) is 13.4. The summed E-state index contributed by atoms with van der Waals surface area (Å²) in [6.07, 6.45) is -1.08. The van der Waals surface area contributed by atoms with Crippen molar-refractivity contribution in [3.63, 3.8) is 0 Å². The molecule has 1 aromatic carbocycles. The largest absolute Gasteiger partial charge is 0.444 e. The van der Waals surface area contributed by atoms with Gasteiger partial charge in [0.1, 0.15) is 16.9 Å². The first-order chi connectivity index (χ1) is 19.2. The molecule has 0 aliphatic carbocycles. The normalized spacial score (nSPS) is 18.6. The van der Waals surface area contributed by atoms with E-state index >= 15 is 4.39 Å². The van der Waals surface area contributed by atoms with Gasteiger partial charge in [0.05, 0.1) is 30.8 Å². The van der Waals surface area contributed by atoms with Crippen LogP contribution in [0.5, 0.6) is 0 Å². The van der Waals surface area contributed by atoms with E-state index in [0.29, 0.717) is 18.6 Å². The van der Waals surface area contributed by atoms with Gasteiger partial charge < -0.3 is 24.8 Å². The van der Waals surface area contributed by atoms with E-state index in [0.717, 1.165) is 4.90 Å². The van der Waals surface area contributed by atoms with E-state index in [9.17, 15) is 14.4 Å². The van der Waals surface area contributed by atoms with Crippen molar-refractivity contribution in [3.8, 4) is 11.8 Å². The zero-order valence-corrected chi connectivity index (χ0v) is 24.1.